The van der Waals surface area contributed by atoms with Crippen LogP contribution in [0.15, 0.2) is 27.8 Å². The number of rotatable bonds is 3. The molecule has 0 fully saturated rings. The second-order valence-corrected chi connectivity index (χ2v) is 5.94. The third kappa shape index (κ3) is 3.09. The van der Waals surface area contributed by atoms with E-state index in [0.717, 1.165) is 5.56 Å². The summed E-state index contributed by atoms with van der Waals surface area (Å²) >= 11 is 1.58. The normalized spacial score (nSPS) is 11.1. The quantitative estimate of drug-likeness (QED) is 0.773. The maximum atomic E-state index is 5.63. The van der Waals surface area contributed by atoms with Gasteiger partial charge in [-0.1, -0.05) is 42.8 Å². The molecular formula is C13H16N2OS. The van der Waals surface area contributed by atoms with Crippen LogP contribution >= 0.6 is 11.8 Å². The molecule has 0 aliphatic rings. The van der Waals surface area contributed by atoms with Crippen molar-refractivity contribution in [2.24, 2.45) is 0 Å². The fourth-order valence-corrected chi connectivity index (χ4v) is 2.29. The molecule has 2 rings (SSSR count). The Kier molecular flexibility index (Phi) is 3.52. The fraction of sp³-hybridized carbons (Fsp3) is 0.385. The number of hydrogen-bond donors (Lipinski definition) is 0. The molecule has 0 saturated heterocycles. The van der Waals surface area contributed by atoms with E-state index in [1.165, 1.54) is 11.1 Å². The zero-order valence-corrected chi connectivity index (χ0v) is 11.3. The first kappa shape index (κ1) is 12.2. The summed E-state index contributed by atoms with van der Waals surface area (Å²) in [6, 6.07) is 6.25. The molecule has 0 radical (unpaired) electrons. The smallest absolute Gasteiger partial charge is 0.277 e. The zero-order chi connectivity index (χ0) is 12.4. The first-order chi connectivity index (χ1) is 8.04. The Balaban J connectivity index is 2.30. The van der Waals surface area contributed by atoms with E-state index in [-0.39, 0.29) is 0 Å². The van der Waals surface area contributed by atoms with Crippen LogP contribution in [-0.2, 0) is 0 Å². The third-order valence-electron chi connectivity index (χ3n) is 2.21. The summed E-state index contributed by atoms with van der Waals surface area (Å²) in [5.41, 5.74) is 3.40. The SMILES string of the molecule is Cc1cc(C)cc(-c2nnc(SC(C)C)o2)c1. The Bertz CT molecular complexity index is 500. The number of aryl methyl sites for hydroxylation is 2. The lowest BCUT2D eigenvalue weighted by Gasteiger charge is -2.00. The molecule has 0 aliphatic carbocycles. The number of nitrogens with zero attached hydrogens (tertiary/aromatic N) is 2. The second-order valence-electron chi connectivity index (χ2n) is 4.42. The minimum Gasteiger partial charge on any atom is -0.411 e. The molecule has 4 heteroatoms. The monoisotopic (exact) mass is 248 g/mol. The molecule has 0 bridgehead atoms. The molecule has 1 aromatic carbocycles. The number of benzene rings is 1. The molecule has 0 aliphatic heterocycles. The minimum absolute atomic E-state index is 0.447. The summed E-state index contributed by atoms with van der Waals surface area (Å²) in [6.07, 6.45) is 0. The fourth-order valence-electron chi connectivity index (χ4n) is 1.67. The molecule has 0 spiro atoms. The summed E-state index contributed by atoms with van der Waals surface area (Å²) in [7, 11) is 0. The molecular weight excluding hydrogens is 232 g/mol. The van der Waals surface area contributed by atoms with Crippen molar-refractivity contribution in [1.29, 1.82) is 0 Å². The first-order valence-electron chi connectivity index (χ1n) is 5.63. The highest BCUT2D eigenvalue weighted by atomic mass is 32.2. The van der Waals surface area contributed by atoms with E-state index in [1.54, 1.807) is 11.8 Å². The lowest BCUT2D eigenvalue weighted by atomic mass is 10.1. The van der Waals surface area contributed by atoms with Gasteiger partial charge < -0.3 is 4.42 Å². The van der Waals surface area contributed by atoms with Crippen LogP contribution in [-0.4, -0.2) is 15.4 Å². The summed E-state index contributed by atoms with van der Waals surface area (Å²) in [5, 5.41) is 9.20. The molecule has 0 amide bonds. The molecule has 3 nitrogen and oxygen atoms in total. The Labute approximate surface area is 106 Å². The van der Waals surface area contributed by atoms with Crippen LogP contribution in [0.2, 0.25) is 0 Å². The molecule has 90 valence electrons. The van der Waals surface area contributed by atoms with Crippen LogP contribution in [0.1, 0.15) is 25.0 Å². The second kappa shape index (κ2) is 4.92. The van der Waals surface area contributed by atoms with Gasteiger partial charge in [-0.15, -0.1) is 10.2 Å². The summed E-state index contributed by atoms with van der Waals surface area (Å²) in [4.78, 5) is 0. The van der Waals surface area contributed by atoms with Crippen LogP contribution in [0.4, 0.5) is 0 Å². The van der Waals surface area contributed by atoms with E-state index in [1.807, 2.05) is 0 Å². The van der Waals surface area contributed by atoms with Crippen molar-refractivity contribution in [3.63, 3.8) is 0 Å². The summed E-state index contributed by atoms with van der Waals surface area (Å²) in [5.74, 6) is 0.597. The highest BCUT2D eigenvalue weighted by Crippen LogP contribution is 2.26. The van der Waals surface area contributed by atoms with Gasteiger partial charge in [0.1, 0.15) is 0 Å². The van der Waals surface area contributed by atoms with Gasteiger partial charge in [-0.2, -0.15) is 0 Å². The zero-order valence-electron chi connectivity index (χ0n) is 10.5. The van der Waals surface area contributed by atoms with Gasteiger partial charge in [0.2, 0.25) is 5.89 Å². The summed E-state index contributed by atoms with van der Waals surface area (Å²) < 4.78 is 5.63. The highest BCUT2D eigenvalue weighted by molar-refractivity contribution is 7.99. The van der Waals surface area contributed by atoms with Gasteiger partial charge in [-0.25, -0.2) is 0 Å². The highest BCUT2D eigenvalue weighted by Gasteiger charge is 2.10. The van der Waals surface area contributed by atoms with E-state index >= 15 is 0 Å². The maximum Gasteiger partial charge on any atom is 0.277 e. The lowest BCUT2D eigenvalue weighted by Crippen LogP contribution is -1.84. The van der Waals surface area contributed by atoms with Crippen LogP contribution in [0.5, 0.6) is 0 Å². The molecule has 0 unspecified atom stereocenters. The number of aromatic nitrogens is 2. The molecule has 0 atom stereocenters. The van der Waals surface area contributed by atoms with Gasteiger partial charge >= 0.3 is 0 Å². The van der Waals surface area contributed by atoms with Crippen LogP contribution in [0.25, 0.3) is 11.5 Å². The largest absolute Gasteiger partial charge is 0.411 e. The first-order valence-corrected chi connectivity index (χ1v) is 6.51. The van der Waals surface area contributed by atoms with Gasteiger partial charge in [0, 0.05) is 10.8 Å². The Hall–Kier alpha value is -1.29. The molecule has 1 heterocycles. The van der Waals surface area contributed by atoms with Gasteiger partial charge in [0.25, 0.3) is 5.22 Å². The molecule has 17 heavy (non-hydrogen) atoms. The van der Waals surface area contributed by atoms with Crippen molar-refractivity contribution < 1.29 is 4.42 Å². The van der Waals surface area contributed by atoms with Crippen molar-refractivity contribution in [3.05, 3.63) is 29.3 Å². The molecule has 2 aromatic rings. The predicted molar refractivity (Wildman–Crippen MR) is 70.2 cm³/mol. The van der Waals surface area contributed by atoms with Crippen LogP contribution < -0.4 is 0 Å². The molecule has 1 aromatic heterocycles. The van der Waals surface area contributed by atoms with Crippen molar-refractivity contribution >= 4 is 11.8 Å². The van der Waals surface area contributed by atoms with Crippen LogP contribution in [0.3, 0.4) is 0 Å². The van der Waals surface area contributed by atoms with Crippen molar-refractivity contribution in [2.45, 2.75) is 38.2 Å². The average molecular weight is 248 g/mol. The van der Waals surface area contributed by atoms with Gasteiger partial charge in [0.15, 0.2) is 0 Å². The van der Waals surface area contributed by atoms with Gasteiger partial charge in [0.05, 0.1) is 0 Å². The Morgan fingerprint density at radius 3 is 2.29 bits per heavy atom. The van der Waals surface area contributed by atoms with Crippen LogP contribution in [0, 0.1) is 13.8 Å². The lowest BCUT2D eigenvalue weighted by molar-refractivity contribution is 0.465. The minimum atomic E-state index is 0.447. The Morgan fingerprint density at radius 1 is 1.06 bits per heavy atom. The van der Waals surface area contributed by atoms with E-state index in [0.29, 0.717) is 16.4 Å². The van der Waals surface area contributed by atoms with E-state index in [2.05, 4.69) is 56.1 Å². The third-order valence-corrected chi connectivity index (χ3v) is 3.05. The van der Waals surface area contributed by atoms with Crippen molar-refractivity contribution in [1.82, 2.24) is 10.2 Å². The van der Waals surface area contributed by atoms with E-state index < -0.39 is 0 Å². The van der Waals surface area contributed by atoms with E-state index in [4.69, 9.17) is 4.42 Å². The van der Waals surface area contributed by atoms with Crippen molar-refractivity contribution in [2.75, 3.05) is 0 Å². The topological polar surface area (TPSA) is 38.9 Å². The van der Waals surface area contributed by atoms with Gasteiger partial charge in [-0.05, 0) is 26.0 Å². The standard InChI is InChI=1S/C13H16N2OS/c1-8(2)17-13-15-14-12(16-13)11-6-9(3)5-10(4)7-11/h5-8H,1-4H3. The molecule has 0 N–H and O–H groups in total. The summed E-state index contributed by atoms with van der Waals surface area (Å²) in [6.45, 7) is 8.34. The average Bonchev–Trinajstić information content (AvgIpc) is 2.63. The maximum absolute atomic E-state index is 5.63. The Morgan fingerprint density at radius 2 is 1.71 bits per heavy atom. The van der Waals surface area contributed by atoms with Gasteiger partial charge in [-0.3, -0.25) is 0 Å². The number of hydrogen-bond acceptors (Lipinski definition) is 4. The molecule has 0 saturated carbocycles. The predicted octanol–water partition coefficient (Wildman–Crippen LogP) is 3.85. The number of thioether (sulfide) groups is 1. The van der Waals surface area contributed by atoms with Crippen molar-refractivity contribution in [3.8, 4) is 11.5 Å². The van der Waals surface area contributed by atoms with E-state index in [9.17, 15) is 0 Å².